The van der Waals surface area contributed by atoms with Gasteiger partial charge in [0.1, 0.15) is 5.82 Å². The second-order valence-electron chi connectivity index (χ2n) is 3.77. The standard InChI is InChI=1S/C12H19FN2O2/c1-10(12-4-3-11(13)9-15-12)14-5-2-7-17-8-6-16/h3-4,9-10,14,16H,2,5-8H2,1H3. The molecule has 0 fully saturated rings. The van der Waals surface area contributed by atoms with Crippen molar-refractivity contribution in [1.82, 2.24) is 10.3 Å². The Kier molecular flexibility index (Phi) is 6.69. The van der Waals surface area contributed by atoms with E-state index >= 15 is 0 Å². The Balaban J connectivity index is 2.16. The van der Waals surface area contributed by atoms with Gasteiger partial charge in [0.05, 0.1) is 25.1 Å². The van der Waals surface area contributed by atoms with E-state index in [1.54, 1.807) is 6.07 Å². The third kappa shape index (κ3) is 5.72. The highest BCUT2D eigenvalue weighted by molar-refractivity contribution is 5.08. The van der Waals surface area contributed by atoms with Crippen molar-refractivity contribution >= 4 is 0 Å². The molecule has 1 aromatic heterocycles. The van der Waals surface area contributed by atoms with Crippen LogP contribution in [-0.2, 0) is 4.74 Å². The maximum Gasteiger partial charge on any atom is 0.141 e. The summed E-state index contributed by atoms with van der Waals surface area (Å²) >= 11 is 0. The lowest BCUT2D eigenvalue weighted by molar-refractivity contribution is 0.0904. The van der Waals surface area contributed by atoms with Crippen LogP contribution in [0, 0.1) is 5.82 Å². The maximum absolute atomic E-state index is 12.7. The zero-order valence-electron chi connectivity index (χ0n) is 10.0. The third-order valence-corrected chi connectivity index (χ3v) is 2.35. The van der Waals surface area contributed by atoms with Crippen LogP contribution in [0.4, 0.5) is 4.39 Å². The number of pyridine rings is 1. The van der Waals surface area contributed by atoms with E-state index in [0.29, 0.717) is 13.2 Å². The average molecular weight is 242 g/mol. The first-order chi connectivity index (χ1) is 8.24. The Morgan fingerprint density at radius 1 is 1.47 bits per heavy atom. The lowest BCUT2D eigenvalue weighted by atomic mass is 10.2. The minimum Gasteiger partial charge on any atom is -0.394 e. The molecule has 4 nitrogen and oxygen atoms in total. The van der Waals surface area contributed by atoms with E-state index in [-0.39, 0.29) is 18.5 Å². The van der Waals surface area contributed by atoms with Gasteiger partial charge in [-0.1, -0.05) is 0 Å². The van der Waals surface area contributed by atoms with Crippen LogP contribution in [0.25, 0.3) is 0 Å². The number of hydrogen-bond acceptors (Lipinski definition) is 4. The van der Waals surface area contributed by atoms with Crippen molar-refractivity contribution in [2.24, 2.45) is 0 Å². The van der Waals surface area contributed by atoms with E-state index in [0.717, 1.165) is 18.7 Å². The molecule has 0 aliphatic rings. The number of aromatic nitrogens is 1. The lowest BCUT2D eigenvalue weighted by Gasteiger charge is -2.13. The van der Waals surface area contributed by atoms with Crippen LogP contribution in [0.1, 0.15) is 25.1 Å². The second kappa shape index (κ2) is 8.11. The molecule has 1 atom stereocenters. The van der Waals surface area contributed by atoms with Crippen molar-refractivity contribution in [3.63, 3.8) is 0 Å². The minimum absolute atomic E-state index is 0.0589. The molecule has 0 saturated heterocycles. The number of halogens is 1. The first-order valence-electron chi connectivity index (χ1n) is 5.77. The van der Waals surface area contributed by atoms with E-state index in [9.17, 15) is 4.39 Å². The van der Waals surface area contributed by atoms with Crippen molar-refractivity contribution in [1.29, 1.82) is 0 Å². The fraction of sp³-hybridized carbons (Fsp3) is 0.583. The zero-order chi connectivity index (χ0) is 12.5. The largest absolute Gasteiger partial charge is 0.394 e. The molecule has 1 heterocycles. The molecule has 0 aliphatic carbocycles. The van der Waals surface area contributed by atoms with E-state index in [1.807, 2.05) is 6.92 Å². The first-order valence-corrected chi connectivity index (χ1v) is 5.77. The Bertz CT molecular complexity index is 306. The fourth-order valence-corrected chi connectivity index (χ4v) is 1.41. The van der Waals surface area contributed by atoms with Crippen LogP contribution in [0.3, 0.4) is 0 Å². The van der Waals surface area contributed by atoms with Crippen LogP contribution >= 0.6 is 0 Å². The van der Waals surface area contributed by atoms with Crippen LogP contribution in [0.15, 0.2) is 18.3 Å². The van der Waals surface area contributed by atoms with Crippen molar-refractivity contribution < 1.29 is 14.2 Å². The summed E-state index contributed by atoms with van der Waals surface area (Å²) in [6, 6.07) is 3.17. The monoisotopic (exact) mass is 242 g/mol. The molecule has 1 unspecified atom stereocenters. The smallest absolute Gasteiger partial charge is 0.141 e. The van der Waals surface area contributed by atoms with Gasteiger partial charge in [0.25, 0.3) is 0 Å². The molecule has 5 heteroatoms. The molecule has 17 heavy (non-hydrogen) atoms. The molecule has 1 rings (SSSR count). The molecular weight excluding hydrogens is 223 g/mol. The molecule has 1 aromatic rings. The molecule has 0 bridgehead atoms. The Morgan fingerprint density at radius 2 is 2.29 bits per heavy atom. The highest BCUT2D eigenvalue weighted by atomic mass is 19.1. The Morgan fingerprint density at radius 3 is 2.94 bits per heavy atom. The van der Waals surface area contributed by atoms with Crippen LogP contribution in [0.5, 0.6) is 0 Å². The summed E-state index contributed by atoms with van der Waals surface area (Å²) in [5.41, 5.74) is 0.822. The Labute approximate surface area is 101 Å². The van der Waals surface area contributed by atoms with Gasteiger partial charge in [-0.25, -0.2) is 4.39 Å². The van der Waals surface area contributed by atoms with Gasteiger partial charge in [0.15, 0.2) is 0 Å². The molecule has 0 saturated carbocycles. The van der Waals surface area contributed by atoms with E-state index in [1.165, 1.54) is 12.3 Å². The van der Waals surface area contributed by atoms with E-state index < -0.39 is 0 Å². The van der Waals surface area contributed by atoms with Crippen LogP contribution in [0.2, 0.25) is 0 Å². The van der Waals surface area contributed by atoms with Crippen molar-refractivity contribution in [2.45, 2.75) is 19.4 Å². The highest BCUT2D eigenvalue weighted by Gasteiger charge is 2.05. The predicted molar refractivity (Wildman–Crippen MR) is 63.1 cm³/mol. The molecule has 2 N–H and O–H groups in total. The summed E-state index contributed by atoms with van der Waals surface area (Å²) in [6.45, 7) is 3.84. The van der Waals surface area contributed by atoms with E-state index in [4.69, 9.17) is 9.84 Å². The number of aliphatic hydroxyl groups excluding tert-OH is 1. The maximum atomic E-state index is 12.7. The summed E-state index contributed by atoms with van der Waals surface area (Å²) in [5, 5.41) is 11.8. The number of nitrogens with zero attached hydrogens (tertiary/aromatic N) is 1. The number of ether oxygens (including phenoxy) is 1. The number of rotatable bonds is 8. The van der Waals surface area contributed by atoms with Gasteiger partial charge in [0.2, 0.25) is 0 Å². The zero-order valence-corrected chi connectivity index (χ0v) is 10.0. The topological polar surface area (TPSA) is 54.4 Å². The predicted octanol–water partition coefficient (Wildman–Crippen LogP) is 1.27. The van der Waals surface area contributed by atoms with Gasteiger partial charge >= 0.3 is 0 Å². The third-order valence-electron chi connectivity index (χ3n) is 2.35. The van der Waals surface area contributed by atoms with Gasteiger partial charge in [-0.3, -0.25) is 4.98 Å². The summed E-state index contributed by atoms with van der Waals surface area (Å²) < 4.78 is 17.8. The normalized spacial score (nSPS) is 12.6. The van der Waals surface area contributed by atoms with Gasteiger partial charge < -0.3 is 15.2 Å². The summed E-state index contributed by atoms with van der Waals surface area (Å²) in [5.74, 6) is -0.321. The first kappa shape index (κ1) is 14.0. The molecule has 0 aromatic carbocycles. The van der Waals surface area contributed by atoms with Crippen LogP contribution < -0.4 is 5.32 Å². The van der Waals surface area contributed by atoms with Gasteiger partial charge in [-0.15, -0.1) is 0 Å². The molecule has 0 radical (unpaired) electrons. The van der Waals surface area contributed by atoms with Gasteiger partial charge in [-0.2, -0.15) is 0 Å². The Hall–Kier alpha value is -1.04. The molecule has 0 amide bonds. The van der Waals surface area contributed by atoms with Gasteiger partial charge in [-0.05, 0) is 32.0 Å². The number of nitrogens with one attached hydrogen (secondary N) is 1. The van der Waals surface area contributed by atoms with E-state index in [2.05, 4.69) is 10.3 Å². The summed E-state index contributed by atoms with van der Waals surface area (Å²) in [7, 11) is 0. The molecule has 0 spiro atoms. The van der Waals surface area contributed by atoms with Crippen molar-refractivity contribution in [3.05, 3.63) is 29.8 Å². The van der Waals surface area contributed by atoms with Gasteiger partial charge in [0, 0.05) is 12.6 Å². The van der Waals surface area contributed by atoms with Crippen LogP contribution in [-0.4, -0.2) is 36.5 Å². The second-order valence-corrected chi connectivity index (χ2v) is 3.77. The lowest BCUT2D eigenvalue weighted by Crippen LogP contribution is -2.22. The molecule has 96 valence electrons. The molecule has 0 aliphatic heterocycles. The highest BCUT2D eigenvalue weighted by Crippen LogP contribution is 2.08. The molecular formula is C12H19FN2O2. The quantitative estimate of drug-likeness (QED) is 0.674. The number of hydrogen-bond donors (Lipinski definition) is 2. The minimum atomic E-state index is -0.321. The van der Waals surface area contributed by atoms with Crippen molar-refractivity contribution in [3.8, 4) is 0 Å². The average Bonchev–Trinajstić information content (AvgIpc) is 2.34. The SMILES string of the molecule is CC(NCCCOCCO)c1ccc(F)cn1. The van der Waals surface area contributed by atoms with Crippen molar-refractivity contribution in [2.75, 3.05) is 26.4 Å². The number of aliphatic hydroxyl groups is 1. The summed E-state index contributed by atoms with van der Waals surface area (Å²) in [4.78, 5) is 4.00. The summed E-state index contributed by atoms with van der Waals surface area (Å²) in [6.07, 6.45) is 2.09. The fourth-order valence-electron chi connectivity index (χ4n) is 1.41.